The molecule has 1 aliphatic heterocycles. The molecule has 0 spiro atoms. The summed E-state index contributed by atoms with van der Waals surface area (Å²) in [6, 6.07) is 17.8. The third kappa shape index (κ3) is 4.13. The van der Waals surface area contributed by atoms with Gasteiger partial charge in [0.1, 0.15) is 0 Å². The number of hydrogen-bond acceptors (Lipinski definition) is 3. The Labute approximate surface area is 184 Å². The van der Waals surface area contributed by atoms with E-state index in [4.69, 9.17) is 0 Å². The molecule has 2 aromatic carbocycles. The van der Waals surface area contributed by atoms with E-state index in [1.165, 1.54) is 11.3 Å². The number of benzene rings is 2. The first-order chi connectivity index (χ1) is 14.9. The molecule has 1 N–H and O–H groups in total. The van der Waals surface area contributed by atoms with E-state index >= 15 is 0 Å². The molecule has 160 valence electrons. The van der Waals surface area contributed by atoms with Gasteiger partial charge in [0, 0.05) is 30.2 Å². The summed E-state index contributed by atoms with van der Waals surface area (Å²) < 4.78 is 1.92. The van der Waals surface area contributed by atoms with Gasteiger partial charge in [0.2, 0.25) is 0 Å². The van der Waals surface area contributed by atoms with E-state index in [-0.39, 0.29) is 11.4 Å². The molecule has 0 aliphatic carbocycles. The average molecular weight is 415 g/mol. The van der Waals surface area contributed by atoms with Crippen LogP contribution in [0.1, 0.15) is 61.5 Å². The number of para-hydroxylation sites is 1. The molecule has 0 fully saturated rings. The fourth-order valence-electron chi connectivity index (χ4n) is 4.80. The van der Waals surface area contributed by atoms with E-state index in [2.05, 4.69) is 61.3 Å². The minimum absolute atomic E-state index is 0.151. The highest BCUT2D eigenvalue weighted by Gasteiger charge is 2.35. The first kappa shape index (κ1) is 20.9. The Kier molecular flexibility index (Phi) is 5.68. The average Bonchev–Trinajstić information content (AvgIpc) is 3.28. The van der Waals surface area contributed by atoms with Crippen molar-refractivity contribution in [2.24, 2.45) is 5.10 Å². The third-order valence-electron chi connectivity index (χ3n) is 6.14. The minimum Gasteiger partial charge on any atom is -0.366 e. The number of carbonyl (C=O) groups is 1. The lowest BCUT2D eigenvalue weighted by atomic mass is 9.79. The molecule has 2 heterocycles. The number of anilines is 1. The van der Waals surface area contributed by atoms with Gasteiger partial charge in [-0.1, -0.05) is 25.1 Å². The minimum atomic E-state index is -0.231. The standard InChI is InChI=1S/C26H30N4O/c1-5-30-24-13-12-20(16-22(24)19(2)17-26(30,3)4)18-27-28-25(31)21-10-6-7-11-23(21)29-14-8-9-15-29/h6-16,18-19H,5,17H2,1-4H3,(H,28,31)/b27-18+. The van der Waals surface area contributed by atoms with Crippen molar-refractivity contribution in [1.82, 2.24) is 9.99 Å². The molecule has 5 heteroatoms. The molecule has 1 aromatic heterocycles. The SMILES string of the molecule is CCN1c2ccc(/C=N/NC(=O)c3ccccc3-n3cccc3)cc2C(C)CC1(C)C. The number of nitrogens with zero attached hydrogens (tertiary/aromatic N) is 3. The zero-order valence-electron chi connectivity index (χ0n) is 18.7. The molecule has 1 aliphatic rings. The second-order valence-corrected chi connectivity index (χ2v) is 8.79. The molecule has 1 atom stereocenters. The topological polar surface area (TPSA) is 49.6 Å². The second-order valence-electron chi connectivity index (χ2n) is 8.79. The summed E-state index contributed by atoms with van der Waals surface area (Å²) >= 11 is 0. The number of hydrazone groups is 1. The first-order valence-corrected chi connectivity index (χ1v) is 10.9. The van der Waals surface area contributed by atoms with Gasteiger partial charge >= 0.3 is 0 Å². The Balaban J connectivity index is 1.52. The molecular weight excluding hydrogens is 384 g/mol. The molecular formula is C26H30N4O. The predicted octanol–water partition coefficient (Wildman–Crippen LogP) is 5.35. The molecule has 1 unspecified atom stereocenters. The van der Waals surface area contributed by atoms with Crippen LogP contribution in [-0.4, -0.2) is 28.8 Å². The number of carbonyl (C=O) groups excluding carboxylic acids is 1. The van der Waals surface area contributed by atoms with Crippen LogP contribution >= 0.6 is 0 Å². The van der Waals surface area contributed by atoms with Crippen LogP contribution in [0.4, 0.5) is 5.69 Å². The molecule has 0 saturated heterocycles. The number of nitrogens with one attached hydrogen (secondary N) is 1. The fourth-order valence-corrected chi connectivity index (χ4v) is 4.80. The van der Waals surface area contributed by atoms with Crippen LogP contribution in [-0.2, 0) is 0 Å². The number of hydrogen-bond donors (Lipinski definition) is 1. The zero-order valence-corrected chi connectivity index (χ0v) is 18.7. The smallest absolute Gasteiger partial charge is 0.273 e. The van der Waals surface area contributed by atoms with Gasteiger partial charge in [0.25, 0.3) is 5.91 Å². The summed E-state index contributed by atoms with van der Waals surface area (Å²) in [6.45, 7) is 10.1. The quantitative estimate of drug-likeness (QED) is 0.452. The lowest BCUT2D eigenvalue weighted by Gasteiger charge is -2.47. The Morgan fingerprint density at radius 3 is 2.61 bits per heavy atom. The zero-order chi connectivity index (χ0) is 22.0. The number of aromatic nitrogens is 1. The van der Waals surface area contributed by atoms with Crippen molar-refractivity contribution < 1.29 is 4.79 Å². The van der Waals surface area contributed by atoms with Crippen LogP contribution in [0.3, 0.4) is 0 Å². The summed E-state index contributed by atoms with van der Waals surface area (Å²) in [4.78, 5) is 15.2. The number of amides is 1. The van der Waals surface area contributed by atoms with Gasteiger partial charge < -0.3 is 9.47 Å². The molecule has 5 nitrogen and oxygen atoms in total. The molecule has 4 rings (SSSR count). The molecule has 31 heavy (non-hydrogen) atoms. The maximum atomic E-state index is 12.7. The lowest BCUT2D eigenvalue weighted by Crippen LogP contribution is -2.48. The monoisotopic (exact) mass is 414 g/mol. The third-order valence-corrected chi connectivity index (χ3v) is 6.14. The lowest BCUT2D eigenvalue weighted by molar-refractivity contribution is 0.0955. The maximum Gasteiger partial charge on any atom is 0.273 e. The maximum absolute atomic E-state index is 12.7. The Morgan fingerprint density at radius 2 is 1.87 bits per heavy atom. The van der Waals surface area contributed by atoms with E-state index in [9.17, 15) is 4.79 Å². The van der Waals surface area contributed by atoms with Crippen molar-refractivity contribution in [3.8, 4) is 5.69 Å². The van der Waals surface area contributed by atoms with Crippen LogP contribution in [0.5, 0.6) is 0 Å². The van der Waals surface area contributed by atoms with E-state index in [1.807, 2.05) is 53.4 Å². The van der Waals surface area contributed by atoms with Gasteiger partial charge in [0.15, 0.2) is 0 Å². The van der Waals surface area contributed by atoms with Gasteiger partial charge in [-0.05, 0) is 80.6 Å². The summed E-state index contributed by atoms with van der Waals surface area (Å²) in [5, 5.41) is 4.23. The molecule has 0 bridgehead atoms. The normalized spacial score (nSPS) is 17.5. The highest BCUT2D eigenvalue weighted by Crippen LogP contribution is 2.43. The van der Waals surface area contributed by atoms with E-state index in [0.717, 1.165) is 24.2 Å². The van der Waals surface area contributed by atoms with Crippen molar-refractivity contribution in [2.45, 2.75) is 45.6 Å². The van der Waals surface area contributed by atoms with Crippen LogP contribution < -0.4 is 10.3 Å². The summed E-state index contributed by atoms with van der Waals surface area (Å²) in [5.74, 6) is 0.245. The van der Waals surface area contributed by atoms with Crippen LogP contribution in [0.15, 0.2) is 72.1 Å². The van der Waals surface area contributed by atoms with Crippen molar-refractivity contribution in [3.05, 3.63) is 83.7 Å². The molecule has 1 amide bonds. The Bertz CT molecular complexity index is 1100. The largest absolute Gasteiger partial charge is 0.366 e. The highest BCUT2D eigenvalue weighted by molar-refractivity contribution is 5.98. The summed E-state index contributed by atoms with van der Waals surface area (Å²) in [7, 11) is 0. The fraction of sp³-hybridized carbons (Fsp3) is 0.308. The van der Waals surface area contributed by atoms with E-state index in [1.54, 1.807) is 6.21 Å². The molecule has 0 radical (unpaired) electrons. The van der Waals surface area contributed by atoms with Crippen molar-refractivity contribution in [3.63, 3.8) is 0 Å². The van der Waals surface area contributed by atoms with Gasteiger partial charge in [-0.15, -0.1) is 0 Å². The summed E-state index contributed by atoms with van der Waals surface area (Å²) in [5.41, 5.74) is 7.86. The van der Waals surface area contributed by atoms with Gasteiger partial charge in [-0.3, -0.25) is 4.79 Å². The molecule has 0 saturated carbocycles. The van der Waals surface area contributed by atoms with Gasteiger partial charge in [0.05, 0.1) is 17.5 Å². The van der Waals surface area contributed by atoms with Crippen molar-refractivity contribution in [1.29, 1.82) is 0 Å². The number of fused-ring (bicyclic) bond motifs is 1. The van der Waals surface area contributed by atoms with Gasteiger partial charge in [-0.25, -0.2) is 5.43 Å². The Hall–Kier alpha value is -3.34. The summed E-state index contributed by atoms with van der Waals surface area (Å²) in [6.07, 6.45) is 6.68. The van der Waals surface area contributed by atoms with Crippen LogP contribution in [0.2, 0.25) is 0 Å². The highest BCUT2D eigenvalue weighted by atomic mass is 16.2. The van der Waals surface area contributed by atoms with Gasteiger partial charge in [-0.2, -0.15) is 5.10 Å². The van der Waals surface area contributed by atoms with Crippen molar-refractivity contribution >= 4 is 17.8 Å². The van der Waals surface area contributed by atoms with Crippen LogP contribution in [0.25, 0.3) is 5.69 Å². The predicted molar refractivity (Wildman–Crippen MR) is 127 cm³/mol. The first-order valence-electron chi connectivity index (χ1n) is 10.9. The van der Waals surface area contributed by atoms with Crippen molar-refractivity contribution in [2.75, 3.05) is 11.4 Å². The van der Waals surface area contributed by atoms with Crippen LogP contribution in [0, 0.1) is 0 Å². The molecule has 3 aromatic rings. The second kappa shape index (κ2) is 8.42. The van der Waals surface area contributed by atoms with E-state index < -0.39 is 0 Å². The van der Waals surface area contributed by atoms with E-state index in [0.29, 0.717) is 11.5 Å². The Morgan fingerprint density at radius 1 is 1.13 bits per heavy atom. The number of rotatable bonds is 5.